The Morgan fingerprint density at radius 3 is 2.56 bits per heavy atom. The number of nitrogens with two attached hydrogens (primary N) is 1. The highest BCUT2D eigenvalue weighted by Crippen LogP contribution is 2.02. The smallest absolute Gasteiger partial charge is 0.234 e. The fourth-order valence-electron chi connectivity index (χ4n) is 0.927. The van der Waals surface area contributed by atoms with E-state index in [2.05, 4.69) is 5.32 Å². The lowest BCUT2D eigenvalue weighted by Crippen LogP contribution is -2.36. The molecule has 0 saturated carbocycles. The maximum atomic E-state index is 10.4. The van der Waals surface area contributed by atoms with Crippen LogP contribution in [0.25, 0.3) is 0 Å². The third kappa shape index (κ3) is 2.01. The SMILES string of the molecule is C.NC(=O)C1CCCN1. The molecule has 1 aliphatic rings. The Balaban J connectivity index is 0.000000640. The summed E-state index contributed by atoms with van der Waals surface area (Å²) in [5.41, 5.74) is 5.00. The summed E-state index contributed by atoms with van der Waals surface area (Å²) in [5, 5.41) is 2.98. The minimum atomic E-state index is -0.220. The van der Waals surface area contributed by atoms with E-state index in [-0.39, 0.29) is 19.4 Å². The molecule has 0 aromatic carbocycles. The van der Waals surface area contributed by atoms with Crippen LogP contribution < -0.4 is 11.1 Å². The van der Waals surface area contributed by atoms with Gasteiger partial charge < -0.3 is 11.1 Å². The predicted octanol–water partition coefficient (Wildman–Crippen LogP) is -0.140. The first-order valence-electron chi connectivity index (χ1n) is 2.83. The number of rotatable bonds is 1. The molecule has 0 radical (unpaired) electrons. The number of nitrogens with one attached hydrogen (secondary N) is 1. The molecule has 0 spiro atoms. The van der Waals surface area contributed by atoms with Crippen molar-refractivity contribution in [2.75, 3.05) is 6.54 Å². The Hall–Kier alpha value is -0.570. The van der Waals surface area contributed by atoms with Gasteiger partial charge in [-0.15, -0.1) is 0 Å². The highest BCUT2D eigenvalue weighted by Gasteiger charge is 2.18. The molecule has 1 unspecified atom stereocenters. The van der Waals surface area contributed by atoms with E-state index < -0.39 is 0 Å². The van der Waals surface area contributed by atoms with Crippen LogP contribution in [0.5, 0.6) is 0 Å². The molecule has 1 aliphatic heterocycles. The first kappa shape index (κ1) is 8.43. The molecule has 3 heteroatoms. The monoisotopic (exact) mass is 130 g/mol. The lowest BCUT2D eigenvalue weighted by Gasteiger charge is -2.01. The molecule has 1 amide bonds. The van der Waals surface area contributed by atoms with Crippen molar-refractivity contribution in [3.05, 3.63) is 0 Å². The number of carbonyl (C=O) groups is 1. The molecule has 3 N–H and O–H groups in total. The normalized spacial score (nSPS) is 25.1. The first-order chi connectivity index (χ1) is 3.80. The minimum Gasteiger partial charge on any atom is -0.368 e. The van der Waals surface area contributed by atoms with Gasteiger partial charge in [0.15, 0.2) is 0 Å². The average Bonchev–Trinajstić information content (AvgIpc) is 2.12. The molecule has 1 saturated heterocycles. The molecule has 1 rings (SSSR count). The van der Waals surface area contributed by atoms with Crippen LogP contribution in [-0.4, -0.2) is 18.5 Å². The fraction of sp³-hybridized carbons (Fsp3) is 0.833. The highest BCUT2D eigenvalue weighted by molar-refractivity contribution is 5.80. The summed E-state index contributed by atoms with van der Waals surface area (Å²) >= 11 is 0. The molecule has 1 heterocycles. The molecule has 1 fully saturated rings. The van der Waals surface area contributed by atoms with Crippen LogP contribution in [0.3, 0.4) is 0 Å². The molecular formula is C6H14N2O. The van der Waals surface area contributed by atoms with Crippen molar-refractivity contribution in [3.8, 4) is 0 Å². The predicted molar refractivity (Wildman–Crippen MR) is 37.0 cm³/mol. The van der Waals surface area contributed by atoms with Crippen LogP contribution in [0.15, 0.2) is 0 Å². The number of hydrogen-bond donors (Lipinski definition) is 2. The second-order valence-electron chi connectivity index (χ2n) is 2.05. The van der Waals surface area contributed by atoms with Crippen LogP contribution in [0.4, 0.5) is 0 Å². The summed E-state index contributed by atoms with van der Waals surface area (Å²) in [5.74, 6) is -0.220. The van der Waals surface area contributed by atoms with Crippen LogP contribution >= 0.6 is 0 Å². The Kier molecular flexibility index (Phi) is 3.24. The van der Waals surface area contributed by atoms with E-state index in [1.165, 1.54) is 0 Å². The Labute approximate surface area is 55.6 Å². The number of primary amides is 1. The number of hydrogen-bond acceptors (Lipinski definition) is 2. The molecule has 3 nitrogen and oxygen atoms in total. The van der Waals surface area contributed by atoms with Crippen LogP contribution in [0, 0.1) is 0 Å². The van der Waals surface area contributed by atoms with Gasteiger partial charge >= 0.3 is 0 Å². The van der Waals surface area contributed by atoms with E-state index >= 15 is 0 Å². The lowest BCUT2D eigenvalue weighted by atomic mass is 10.2. The van der Waals surface area contributed by atoms with Gasteiger partial charge in [-0.2, -0.15) is 0 Å². The van der Waals surface area contributed by atoms with E-state index in [4.69, 9.17) is 5.73 Å². The molecule has 54 valence electrons. The van der Waals surface area contributed by atoms with Crippen LogP contribution in [0.2, 0.25) is 0 Å². The zero-order valence-electron chi connectivity index (χ0n) is 4.68. The van der Waals surface area contributed by atoms with Crippen molar-refractivity contribution < 1.29 is 4.79 Å². The third-order valence-corrected chi connectivity index (χ3v) is 1.40. The van der Waals surface area contributed by atoms with Crippen molar-refractivity contribution in [1.29, 1.82) is 0 Å². The van der Waals surface area contributed by atoms with Gasteiger partial charge in [-0.3, -0.25) is 4.79 Å². The summed E-state index contributed by atoms with van der Waals surface area (Å²) in [7, 11) is 0. The van der Waals surface area contributed by atoms with Gasteiger partial charge in [0.25, 0.3) is 0 Å². The molecule has 1 atom stereocenters. The summed E-state index contributed by atoms with van der Waals surface area (Å²) in [4.78, 5) is 10.4. The van der Waals surface area contributed by atoms with Gasteiger partial charge in [-0.05, 0) is 19.4 Å². The number of amides is 1. The van der Waals surface area contributed by atoms with E-state index in [1.807, 2.05) is 0 Å². The molecule has 9 heavy (non-hydrogen) atoms. The quantitative estimate of drug-likeness (QED) is 0.519. The maximum absolute atomic E-state index is 10.4. The standard InChI is InChI=1S/C5H10N2O.CH4/c6-5(8)4-2-1-3-7-4;/h4,7H,1-3H2,(H2,6,8);1H4. The first-order valence-corrected chi connectivity index (χ1v) is 2.83. The largest absolute Gasteiger partial charge is 0.368 e. The summed E-state index contributed by atoms with van der Waals surface area (Å²) in [6.07, 6.45) is 1.99. The topological polar surface area (TPSA) is 55.1 Å². The third-order valence-electron chi connectivity index (χ3n) is 1.40. The van der Waals surface area contributed by atoms with Crippen molar-refractivity contribution >= 4 is 5.91 Å². The second kappa shape index (κ2) is 3.45. The van der Waals surface area contributed by atoms with Gasteiger partial charge in [0.1, 0.15) is 0 Å². The van der Waals surface area contributed by atoms with Crippen molar-refractivity contribution in [2.24, 2.45) is 5.73 Å². The Morgan fingerprint density at radius 1 is 1.67 bits per heavy atom. The van der Waals surface area contributed by atoms with E-state index in [0.29, 0.717) is 0 Å². The zero-order valence-corrected chi connectivity index (χ0v) is 4.68. The minimum absolute atomic E-state index is 0. The van der Waals surface area contributed by atoms with Gasteiger partial charge in [0.2, 0.25) is 5.91 Å². The Bertz CT molecular complexity index is 97.2. The maximum Gasteiger partial charge on any atom is 0.234 e. The summed E-state index contributed by atoms with van der Waals surface area (Å²) in [6.45, 7) is 0.938. The van der Waals surface area contributed by atoms with E-state index in [1.54, 1.807) is 0 Å². The second-order valence-corrected chi connectivity index (χ2v) is 2.05. The molecule has 0 aromatic heterocycles. The Morgan fingerprint density at radius 2 is 2.33 bits per heavy atom. The van der Waals surface area contributed by atoms with Crippen LogP contribution in [0.1, 0.15) is 20.3 Å². The number of carbonyl (C=O) groups excluding carboxylic acids is 1. The molecular weight excluding hydrogens is 116 g/mol. The van der Waals surface area contributed by atoms with Crippen molar-refractivity contribution in [1.82, 2.24) is 5.32 Å². The summed E-state index contributed by atoms with van der Waals surface area (Å²) < 4.78 is 0. The lowest BCUT2D eigenvalue weighted by molar-refractivity contribution is -0.119. The van der Waals surface area contributed by atoms with Gasteiger partial charge in [-0.25, -0.2) is 0 Å². The highest BCUT2D eigenvalue weighted by atomic mass is 16.1. The fourth-order valence-corrected chi connectivity index (χ4v) is 0.927. The van der Waals surface area contributed by atoms with Gasteiger partial charge in [-0.1, -0.05) is 7.43 Å². The van der Waals surface area contributed by atoms with Gasteiger partial charge in [0, 0.05) is 0 Å². The van der Waals surface area contributed by atoms with E-state index in [0.717, 1.165) is 19.4 Å². The van der Waals surface area contributed by atoms with Crippen LogP contribution in [-0.2, 0) is 4.79 Å². The molecule has 0 aromatic rings. The average molecular weight is 130 g/mol. The zero-order chi connectivity index (χ0) is 5.98. The molecule has 0 bridgehead atoms. The van der Waals surface area contributed by atoms with Crippen molar-refractivity contribution in [3.63, 3.8) is 0 Å². The van der Waals surface area contributed by atoms with E-state index in [9.17, 15) is 4.79 Å². The summed E-state index contributed by atoms with van der Waals surface area (Å²) in [6, 6.07) is -0.0463. The van der Waals surface area contributed by atoms with Gasteiger partial charge in [0.05, 0.1) is 6.04 Å². The molecule has 0 aliphatic carbocycles. The van der Waals surface area contributed by atoms with Crippen molar-refractivity contribution in [2.45, 2.75) is 26.3 Å².